The minimum Gasteiger partial charge on any atom is -0.356 e. The first-order valence-corrected chi connectivity index (χ1v) is 9.31. The number of carbonyl (C=O) groups excluding carboxylic acids is 1. The predicted octanol–water partition coefficient (Wildman–Crippen LogP) is 3.69. The van der Waals surface area contributed by atoms with E-state index in [0.29, 0.717) is 11.8 Å². The summed E-state index contributed by atoms with van der Waals surface area (Å²) in [6.45, 7) is 7.80. The van der Waals surface area contributed by atoms with Gasteiger partial charge in [-0.2, -0.15) is 0 Å². The fourth-order valence-corrected chi connectivity index (χ4v) is 3.68. The summed E-state index contributed by atoms with van der Waals surface area (Å²) in [5, 5.41) is 3.00. The topological polar surface area (TPSA) is 32.3 Å². The van der Waals surface area contributed by atoms with E-state index in [0.717, 1.165) is 50.1 Å². The van der Waals surface area contributed by atoms with Crippen LogP contribution in [0.3, 0.4) is 0 Å². The van der Waals surface area contributed by atoms with E-state index < -0.39 is 0 Å². The largest absolute Gasteiger partial charge is 0.356 e. The van der Waals surface area contributed by atoms with Crippen molar-refractivity contribution in [3.8, 4) is 0 Å². The summed E-state index contributed by atoms with van der Waals surface area (Å²) in [4.78, 5) is 14.3. The molecule has 2 fully saturated rings. The Morgan fingerprint density at radius 2 is 2.00 bits per heavy atom. The highest BCUT2D eigenvalue weighted by Crippen LogP contribution is 2.42. The van der Waals surface area contributed by atoms with E-state index in [1.165, 1.54) is 12.8 Å². The summed E-state index contributed by atoms with van der Waals surface area (Å²) in [5.74, 6) is 0.969. The molecule has 1 saturated carbocycles. The molecule has 0 bridgehead atoms. The zero-order valence-electron chi connectivity index (χ0n) is 14.9. The van der Waals surface area contributed by atoms with Crippen molar-refractivity contribution in [2.24, 2.45) is 11.8 Å². The third kappa shape index (κ3) is 4.15. The average Bonchev–Trinajstić information content (AvgIpc) is 2.99. The van der Waals surface area contributed by atoms with E-state index in [2.05, 4.69) is 30.1 Å². The smallest absolute Gasteiger partial charge is 0.223 e. The standard InChI is InChI=1S/C20H29FN2O/c1-14(2)12-22-20(24)18-9-17(10-18)15-5-6-16(19(21)11-15)13-23-7-3-4-8-23/h5-6,11,14,17-18H,3-4,7-10,12-13H2,1-2H3,(H,22,24)/t17-,18+. The lowest BCUT2D eigenvalue weighted by Crippen LogP contribution is -2.39. The second-order valence-corrected chi connectivity index (χ2v) is 7.84. The maximum absolute atomic E-state index is 14.4. The molecule has 0 radical (unpaired) electrons. The quantitative estimate of drug-likeness (QED) is 0.862. The molecular weight excluding hydrogens is 303 g/mol. The van der Waals surface area contributed by atoms with Crippen LogP contribution in [0.15, 0.2) is 18.2 Å². The highest BCUT2D eigenvalue weighted by atomic mass is 19.1. The first-order chi connectivity index (χ1) is 11.5. The van der Waals surface area contributed by atoms with Gasteiger partial charge in [0.1, 0.15) is 5.82 Å². The predicted molar refractivity (Wildman–Crippen MR) is 94.2 cm³/mol. The molecule has 1 heterocycles. The highest BCUT2D eigenvalue weighted by Gasteiger charge is 2.35. The zero-order chi connectivity index (χ0) is 17.1. The maximum Gasteiger partial charge on any atom is 0.223 e. The zero-order valence-corrected chi connectivity index (χ0v) is 14.9. The highest BCUT2D eigenvalue weighted by molar-refractivity contribution is 5.79. The van der Waals surface area contributed by atoms with Crippen LogP contribution in [0, 0.1) is 17.7 Å². The van der Waals surface area contributed by atoms with Gasteiger partial charge in [0, 0.05) is 24.6 Å². The fraction of sp³-hybridized carbons (Fsp3) is 0.650. The van der Waals surface area contributed by atoms with Crippen LogP contribution in [0.4, 0.5) is 4.39 Å². The third-order valence-electron chi connectivity index (χ3n) is 5.33. The summed E-state index contributed by atoms with van der Waals surface area (Å²) in [7, 11) is 0. The molecule has 0 spiro atoms. The van der Waals surface area contributed by atoms with Gasteiger partial charge in [-0.25, -0.2) is 4.39 Å². The lowest BCUT2D eigenvalue weighted by Gasteiger charge is -2.35. The second kappa shape index (κ2) is 7.64. The summed E-state index contributed by atoms with van der Waals surface area (Å²) in [5.41, 5.74) is 1.84. The maximum atomic E-state index is 14.4. The van der Waals surface area contributed by atoms with Crippen LogP contribution in [0.1, 0.15) is 56.6 Å². The number of rotatable bonds is 6. The number of likely N-dealkylation sites (tertiary alicyclic amines) is 1. The first kappa shape index (κ1) is 17.4. The number of hydrogen-bond donors (Lipinski definition) is 1. The Hall–Kier alpha value is -1.42. The minimum absolute atomic E-state index is 0.0906. The van der Waals surface area contributed by atoms with Crippen LogP contribution in [-0.4, -0.2) is 30.4 Å². The fourth-order valence-electron chi connectivity index (χ4n) is 3.68. The molecule has 3 rings (SSSR count). The van der Waals surface area contributed by atoms with E-state index in [4.69, 9.17) is 0 Å². The monoisotopic (exact) mass is 332 g/mol. The molecule has 132 valence electrons. The van der Waals surface area contributed by atoms with Crippen LogP contribution < -0.4 is 5.32 Å². The molecule has 0 aromatic heterocycles. The lowest BCUT2D eigenvalue weighted by atomic mass is 9.71. The Morgan fingerprint density at radius 3 is 2.62 bits per heavy atom. The molecule has 1 aromatic rings. The van der Waals surface area contributed by atoms with Crippen LogP contribution in [-0.2, 0) is 11.3 Å². The van der Waals surface area contributed by atoms with Crippen molar-refractivity contribution in [2.45, 2.75) is 52.0 Å². The van der Waals surface area contributed by atoms with E-state index >= 15 is 0 Å². The molecule has 1 amide bonds. The second-order valence-electron chi connectivity index (χ2n) is 7.84. The third-order valence-corrected chi connectivity index (χ3v) is 5.33. The number of amides is 1. The van der Waals surface area contributed by atoms with E-state index in [9.17, 15) is 9.18 Å². The van der Waals surface area contributed by atoms with E-state index in [1.807, 2.05) is 6.07 Å². The summed E-state index contributed by atoms with van der Waals surface area (Å²) in [6.07, 6.45) is 4.13. The van der Waals surface area contributed by atoms with Gasteiger partial charge in [-0.05, 0) is 62.2 Å². The summed E-state index contributed by atoms with van der Waals surface area (Å²) >= 11 is 0. The first-order valence-electron chi connectivity index (χ1n) is 9.31. The van der Waals surface area contributed by atoms with Gasteiger partial charge in [0.05, 0.1) is 0 Å². The van der Waals surface area contributed by atoms with E-state index in [-0.39, 0.29) is 17.6 Å². The van der Waals surface area contributed by atoms with Crippen molar-refractivity contribution < 1.29 is 9.18 Å². The number of hydrogen-bond acceptors (Lipinski definition) is 2. The summed E-state index contributed by atoms with van der Waals surface area (Å²) < 4.78 is 14.4. The van der Waals surface area contributed by atoms with Gasteiger partial charge in [0.25, 0.3) is 0 Å². The molecule has 24 heavy (non-hydrogen) atoms. The Morgan fingerprint density at radius 1 is 1.29 bits per heavy atom. The van der Waals surface area contributed by atoms with Crippen molar-refractivity contribution in [3.05, 3.63) is 35.1 Å². The molecule has 0 atom stereocenters. The SMILES string of the molecule is CC(C)CNC(=O)[C@H]1C[C@@H](c2ccc(CN3CCCC3)c(F)c2)C1. The Labute approximate surface area is 144 Å². The van der Waals surface area contributed by atoms with Crippen molar-refractivity contribution >= 4 is 5.91 Å². The lowest BCUT2D eigenvalue weighted by molar-refractivity contribution is -0.128. The van der Waals surface area contributed by atoms with Crippen molar-refractivity contribution in [1.82, 2.24) is 10.2 Å². The molecule has 4 heteroatoms. The number of halogens is 1. The molecule has 0 unspecified atom stereocenters. The minimum atomic E-state index is -0.0906. The van der Waals surface area contributed by atoms with E-state index in [1.54, 1.807) is 6.07 Å². The van der Waals surface area contributed by atoms with Crippen LogP contribution in [0.5, 0.6) is 0 Å². The van der Waals surface area contributed by atoms with Gasteiger partial charge in [-0.3, -0.25) is 9.69 Å². The molecule has 1 aliphatic heterocycles. The van der Waals surface area contributed by atoms with Gasteiger partial charge in [-0.15, -0.1) is 0 Å². The van der Waals surface area contributed by atoms with Crippen molar-refractivity contribution in [3.63, 3.8) is 0 Å². The molecule has 1 saturated heterocycles. The Kier molecular flexibility index (Phi) is 5.54. The molecule has 1 aromatic carbocycles. The average molecular weight is 332 g/mol. The van der Waals surface area contributed by atoms with Gasteiger partial charge >= 0.3 is 0 Å². The molecule has 3 nitrogen and oxygen atoms in total. The Bertz CT molecular complexity index is 575. The number of benzene rings is 1. The van der Waals surface area contributed by atoms with Gasteiger partial charge < -0.3 is 5.32 Å². The van der Waals surface area contributed by atoms with Gasteiger partial charge in [-0.1, -0.05) is 26.0 Å². The van der Waals surface area contributed by atoms with Crippen LogP contribution >= 0.6 is 0 Å². The number of nitrogens with one attached hydrogen (secondary N) is 1. The number of carbonyl (C=O) groups is 1. The molecule has 1 aliphatic carbocycles. The van der Waals surface area contributed by atoms with Crippen molar-refractivity contribution in [1.29, 1.82) is 0 Å². The normalized spacial score (nSPS) is 24.2. The van der Waals surface area contributed by atoms with Gasteiger partial charge in [0.15, 0.2) is 0 Å². The van der Waals surface area contributed by atoms with Crippen LogP contribution in [0.25, 0.3) is 0 Å². The van der Waals surface area contributed by atoms with Gasteiger partial charge in [0.2, 0.25) is 5.91 Å². The molecule has 2 aliphatic rings. The summed E-state index contributed by atoms with van der Waals surface area (Å²) in [6, 6.07) is 5.69. The Balaban J connectivity index is 1.51. The molecular formula is C20H29FN2O. The van der Waals surface area contributed by atoms with Crippen LogP contribution in [0.2, 0.25) is 0 Å². The van der Waals surface area contributed by atoms with Crippen molar-refractivity contribution in [2.75, 3.05) is 19.6 Å². The number of nitrogens with zero attached hydrogens (tertiary/aromatic N) is 1. The molecule has 1 N–H and O–H groups in total.